The molecule has 0 aliphatic carbocycles. The molecule has 0 unspecified atom stereocenters. The molecule has 5 heteroatoms. The summed E-state index contributed by atoms with van der Waals surface area (Å²) in [6.45, 7) is 2.13. The number of nitrogens with one attached hydrogen (secondary N) is 1. The van der Waals surface area contributed by atoms with Crippen LogP contribution in [0.5, 0.6) is 0 Å². The van der Waals surface area contributed by atoms with Gasteiger partial charge in [0.15, 0.2) is 0 Å². The summed E-state index contributed by atoms with van der Waals surface area (Å²) in [5.74, 6) is -0.489. The minimum absolute atomic E-state index is 0.0526. The maximum Gasteiger partial charge on any atom is 0.250 e. The van der Waals surface area contributed by atoms with Crippen molar-refractivity contribution in [2.24, 2.45) is 0 Å². The van der Waals surface area contributed by atoms with E-state index in [1.165, 1.54) is 6.07 Å². The molecular formula is C21H19FN2O2. The van der Waals surface area contributed by atoms with E-state index in [0.717, 1.165) is 16.8 Å². The first-order chi connectivity index (χ1) is 12.6. The van der Waals surface area contributed by atoms with Crippen molar-refractivity contribution >= 4 is 11.6 Å². The summed E-state index contributed by atoms with van der Waals surface area (Å²) in [6, 6.07) is 17.7. The first kappa shape index (κ1) is 17.8. The van der Waals surface area contributed by atoms with Gasteiger partial charge in [-0.3, -0.25) is 9.78 Å². The number of aromatic nitrogens is 1. The molecule has 0 spiro atoms. The molecule has 1 heterocycles. The van der Waals surface area contributed by atoms with Crippen molar-refractivity contribution in [3.05, 3.63) is 83.9 Å². The summed E-state index contributed by atoms with van der Waals surface area (Å²) in [4.78, 5) is 16.0. The SMILES string of the molecule is Cc1ccc(NC(=O)COCc2ccc(-c3ccccc3F)cc2)cn1. The molecule has 26 heavy (non-hydrogen) atoms. The van der Waals surface area contributed by atoms with Crippen molar-refractivity contribution < 1.29 is 13.9 Å². The Morgan fingerprint density at radius 1 is 1.08 bits per heavy atom. The van der Waals surface area contributed by atoms with Crippen LogP contribution in [0, 0.1) is 12.7 Å². The molecular weight excluding hydrogens is 331 g/mol. The monoisotopic (exact) mass is 350 g/mol. The quantitative estimate of drug-likeness (QED) is 0.719. The fourth-order valence-corrected chi connectivity index (χ4v) is 2.48. The zero-order chi connectivity index (χ0) is 18.4. The van der Waals surface area contributed by atoms with Crippen LogP contribution in [0.3, 0.4) is 0 Å². The van der Waals surface area contributed by atoms with E-state index in [0.29, 0.717) is 17.9 Å². The Morgan fingerprint density at radius 2 is 1.85 bits per heavy atom. The molecule has 3 rings (SSSR count). The van der Waals surface area contributed by atoms with Crippen molar-refractivity contribution in [1.82, 2.24) is 4.98 Å². The molecule has 0 radical (unpaired) electrons. The van der Waals surface area contributed by atoms with E-state index in [1.807, 2.05) is 37.3 Å². The highest BCUT2D eigenvalue weighted by Crippen LogP contribution is 2.22. The summed E-state index contributed by atoms with van der Waals surface area (Å²) in [7, 11) is 0. The molecule has 2 aromatic carbocycles. The van der Waals surface area contributed by atoms with E-state index in [9.17, 15) is 9.18 Å². The number of carbonyl (C=O) groups is 1. The molecule has 0 aliphatic rings. The summed E-state index contributed by atoms with van der Waals surface area (Å²) in [5, 5.41) is 2.72. The van der Waals surface area contributed by atoms with E-state index < -0.39 is 0 Å². The van der Waals surface area contributed by atoms with Crippen LogP contribution in [-0.4, -0.2) is 17.5 Å². The van der Waals surface area contributed by atoms with Gasteiger partial charge in [-0.15, -0.1) is 0 Å². The fraction of sp³-hybridized carbons (Fsp3) is 0.143. The second-order valence-corrected chi connectivity index (χ2v) is 5.91. The molecule has 132 valence electrons. The van der Waals surface area contributed by atoms with Crippen molar-refractivity contribution in [2.45, 2.75) is 13.5 Å². The Morgan fingerprint density at radius 3 is 2.54 bits per heavy atom. The smallest absolute Gasteiger partial charge is 0.250 e. The van der Waals surface area contributed by atoms with Gasteiger partial charge in [-0.05, 0) is 36.2 Å². The van der Waals surface area contributed by atoms with E-state index in [1.54, 1.807) is 30.5 Å². The van der Waals surface area contributed by atoms with Crippen molar-refractivity contribution in [3.8, 4) is 11.1 Å². The largest absolute Gasteiger partial charge is 0.367 e. The number of halogens is 1. The van der Waals surface area contributed by atoms with Gasteiger partial charge in [0.2, 0.25) is 5.91 Å². The number of benzene rings is 2. The van der Waals surface area contributed by atoms with Gasteiger partial charge in [0, 0.05) is 11.3 Å². The molecule has 1 amide bonds. The highest BCUT2D eigenvalue weighted by atomic mass is 19.1. The van der Waals surface area contributed by atoms with Crippen LogP contribution in [0.1, 0.15) is 11.3 Å². The predicted molar refractivity (Wildman–Crippen MR) is 99.1 cm³/mol. The second-order valence-electron chi connectivity index (χ2n) is 5.91. The number of anilines is 1. The van der Waals surface area contributed by atoms with Crippen molar-refractivity contribution in [1.29, 1.82) is 0 Å². The van der Waals surface area contributed by atoms with Crippen LogP contribution in [0.2, 0.25) is 0 Å². The third kappa shape index (κ3) is 4.74. The minimum atomic E-state index is -0.251. The van der Waals surface area contributed by atoms with Gasteiger partial charge in [0.05, 0.1) is 18.5 Å². The summed E-state index contributed by atoms with van der Waals surface area (Å²) in [6.07, 6.45) is 1.61. The number of hydrogen-bond acceptors (Lipinski definition) is 3. The highest BCUT2D eigenvalue weighted by Gasteiger charge is 2.05. The molecule has 0 fully saturated rings. The van der Waals surface area contributed by atoms with Gasteiger partial charge in [-0.2, -0.15) is 0 Å². The zero-order valence-electron chi connectivity index (χ0n) is 14.4. The lowest BCUT2D eigenvalue weighted by Gasteiger charge is -2.08. The Hall–Kier alpha value is -3.05. The maximum absolute atomic E-state index is 13.8. The summed E-state index contributed by atoms with van der Waals surface area (Å²) >= 11 is 0. The standard InChI is InChI=1S/C21H19FN2O2/c1-15-6-11-18(12-23-15)24-21(25)14-26-13-16-7-9-17(10-8-16)19-4-2-3-5-20(19)22/h2-12H,13-14H2,1H3,(H,24,25). The second kappa shape index (κ2) is 8.36. The van der Waals surface area contributed by atoms with Gasteiger partial charge < -0.3 is 10.1 Å². The van der Waals surface area contributed by atoms with Crippen LogP contribution in [0.4, 0.5) is 10.1 Å². The van der Waals surface area contributed by atoms with Gasteiger partial charge in [-0.25, -0.2) is 4.39 Å². The number of aryl methyl sites for hydroxylation is 1. The van der Waals surface area contributed by atoms with E-state index in [2.05, 4.69) is 10.3 Å². The van der Waals surface area contributed by atoms with Gasteiger partial charge >= 0.3 is 0 Å². The number of hydrogen-bond donors (Lipinski definition) is 1. The molecule has 0 bridgehead atoms. The van der Waals surface area contributed by atoms with E-state index in [-0.39, 0.29) is 18.3 Å². The number of ether oxygens (including phenoxy) is 1. The van der Waals surface area contributed by atoms with Crippen LogP contribution in [0.25, 0.3) is 11.1 Å². The third-order valence-electron chi connectivity index (χ3n) is 3.84. The first-order valence-electron chi connectivity index (χ1n) is 8.26. The molecule has 0 saturated heterocycles. The molecule has 1 aromatic heterocycles. The van der Waals surface area contributed by atoms with Gasteiger partial charge in [0.1, 0.15) is 12.4 Å². The predicted octanol–water partition coefficient (Wildman–Crippen LogP) is 4.35. The van der Waals surface area contributed by atoms with E-state index in [4.69, 9.17) is 4.74 Å². The molecule has 1 N–H and O–H groups in total. The Bertz CT molecular complexity index is 877. The zero-order valence-corrected chi connectivity index (χ0v) is 14.4. The van der Waals surface area contributed by atoms with Crippen LogP contribution < -0.4 is 5.32 Å². The number of pyridine rings is 1. The maximum atomic E-state index is 13.8. The first-order valence-corrected chi connectivity index (χ1v) is 8.26. The van der Waals surface area contributed by atoms with Crippen molar-refractivity contribution in [3.63, 3.8) is 0 Å². The lowest BCUT2D eigenvalue weighted by molar-refractivity contribution is -0.121. The number of nitrogens with zero attached hydrogens (tertiary/aromatic N) is 1. The van der Waals surface area contributed by atoms with Crippen LogP contribution in [-0.2, 0) is 16.1 Å². The van der Waals surface area contributed by atoms with Crippen LogP contribution >= 0.6 is 0 Å². The normalized spacial score (nSPS) is 10.5. The molecule has 0 aliphatic heterocycles. The fourth-order valence-electron chi connectivity index (χ4n) is 2.48. The average molecular weight is 350 g/mol. The average Bonchev–Trinajstić information content (AvgIpc) is 2.65. The van der Waals surface area contributed by atoms with Gasteiger partial charge in [0.25, 0.3) is 0 Å². The summed E-state index contributed by atoms with van der Waals surface area (Å²) < 4.78 is 19.2. The number of amides is 1. The highest BCUT2D eigenvalue weighted by molar-refractivity contribution is 5.91. The Labute approximate surface area is 151 Å². The van der Waals surface area contributed by atoms with E-state index >= 15 is 0 Å². The molecule has 4 nitrogen and oxygen atoms in total. The lowest BCUT2D eigenvalue weighted by Crippen LogP contribution is -2.18. The Balaban J connectivity index is 1.50. The van der Waals surface area contributed by atoms with Crippen LogP contribution in [0.15, 0.2) is 66.9 Å². The molecule has 0 atom stereocenters. The molecule has 3 aromatic rings. The lowest BCUT2D eigenvalue weighted by atomic mass is 10.0. The number of carbonyl (C=O) groups excluding carboxylic acids is 1. The van der Waals surface area contributed by atoms with Gasteiger partial charge in [-0.1, -0.05) is 42.5 Å². The topological polar surface area (TPSA) is 51.2 Å². The summed E-state index contributed by atoms with van der Waals surface area (Å²) in [5.41, 5.74) is 3.80. The molecule has 0 saturated carbocycles. The third-order valence-corrected chi connectivity index (χ3v) is 3.84. The Kier molecular flexibility index (Phi) is 5.71. The minimum Gasteiger partial charge on any atom is -0.367 e. The van der Waals surface area contributed by atoms with Crippen molar-refractivity contribution in [2.75, 3.05) is 11.9 Å². The number of rotatable bonds is 6.